The van der Waals surface area contributed by atoms with E-state index < -0.39 is 17.2 Å². The first kappa shape index (κ1) is 17.2. The van der Waals surface area contributed by atoms with Crippen LogP contribution < -0.4 is 16.6 Å². The van der Waals surface area contributed by atoms with E-state index in [1.165, 1.54) is 35.9 Å². The number of fused-ring (bicyclic) bond motifs is 1. The monoisotopic (exact) mass is 342 g/mol. The summed E-state index contributed by atoms with van der Waals surface area (Å²) in [5.41, 5.74) is 1.82. The molecule has 1 aromatic carbocycles. The van der Waals surface area contributed by atoms with E-state index in [9.17, 15) is 14.4 Å². The van der Waals surface area contributed by atoms with Crippen molar-refractivity contribution in [2.24, 2.45) is 14.1 Å². The van der Waals surface area contributed by atoms with E-state index in [-0.39, 0.29) is 5.69 Å². The van der Waals surface area contributed by atoms with Gasteiger partial charge in [0.25, 0.3) is 11.5 Å². The van der Waals surface area contributed by atoms with Gasteiger partial charge in [-0.15, -0.1) is 0 Å². The molecular weight excluding hydrogens is 320 g/mol. The molecule has 0 saturated carbocycles. The first-order valence-electron chi connectivity index (χ1n) is 8.32. The second-order valence-corrected chi connectivity index (χ2v) is 6.36. The molecule has 132 valence electrons. The maximum Gasteiger partial charge on any atom is 0.331 e. The number of hydrogen-bond acceptors (Lipinski definition) is 4. The third-order valence-electron chi connectivity index (χ3n) is 4.60. The van der Waals surface area contributed by atoms with Gasteiger partial charge in [-0.05, 0) is 17.5 Å². The molecule has 0 fully saturated rings. The molecule has 2 aromatic rings. The molecule has 0 saturated heterocycles. The van der Waals surface area contributed by atoms with Crippen molar-refractivity contribution in [3.05, 3.63) is 68.0 Å². The summed E-state index contributed by atoms with van der Waals surface area (Å²) < 4.78 is 2.16. The smallest absolute Gasteiger partial charge is 0.331 e. The number of benzene rings is 1. The van der Waals surface area contributed by atoms with Crippen LogP contribution in [-0.2, 0) is 27.2 Å². The van der Waals surface area contributed by atoms with Crippen LogP contribution in [0.25, 0.3) is 0 Å². The van der Waals surface area contributed by atoms with Crippen molar-refractivity contribution in [3.8, 4) is 0 Å². The van der Waals surface area contributed by atoms with Gasteiger partial charge in [-0.2, -0.15) is 0 Å². The molecule has 0 aliphatic carbocycles. The van der Waals surface area contributed by atoms with Crippen LogP contribution in [0.1, 0.15) is 28.0 Å². The lowest BCUT2D eigenvalue weighted by Crippen LogP contribution is -2.41. The fourth-order valence-electron chi connectivity index (χ4n) is 3.11. The van der Waals surface area contributed by atoms with Crippen molar-refractivity contribution < 1.29 is 4.79 Å². The number of nitrogens with zero attached hydrogens (tertiary/aromatic N) is 3. The summed E-state index contributed by atoms with van der Waals surface area (Å²) in [6.45, 7) is 3.25. The number of amides is 1. The highest BCUT2D eigenvalue weighted by atomic mass is 16.2. The van der Waals surface area contributed by atoms with Crippen LogP contribution in [0.5, 0.6) is 0 Å². The standard InChI is InChI=1S/C18H22N4O3/c1-20-15(10-16(23)21(2)18(20)25)17(24)19-8-5-9-22-11-13-6-3-4-7-14(13)12-22/h3-4,6-7,10H,5,8-9,11-12H2,1-2H3,(H,19,24). The fraction of sp³-hybridized carbons (Fsp3) is 0.389. The van der Waals surface area contributed by atoms with Crippen LogP contribution in [0.15, 0.2) is 39.9 Å². The Morgan fingerprint density at radius 3 is 2.36 bits per heavy atom. The molecule has 0 bridgehead atoms. The van der Waals surface area contributed by atoms with E-state index in [1.54, 1.807) is 0 Å². The zero-order valence-electron chi connectivity index (χ0n) is 14.5. The number of rotatable bonds is 5. The highest BCUT2D eigenvalue weighted by molar-refractivity contribution is 5.92. The predicted molar refractivity (Wildman–Crippen MR) is 94.4 cm³/mol. The Labute approximate surface area is 145 Å². The Morgan fingerprint density at radius 1 is 1.08 bits per heavy atom. The van der Waals surface area contributed by atoms with Crippen molar-refractivity contribution in [2.75, 3.05) is 13.1 Å². The van der Waals surface area contributed by atoms with Crippen molar-refractivity contribution in [1.82, 2.24) is 19.4 Å². The molecule has 7 heteroatoms. The summed E-state index contributed by atoms with van der Waals surface area (Å²) in [7, 11) is 2.87. The minimum absolute atomic E-state index is 0.0849. The summed E-state index contributed by atoms with van der Waals surface area (Å²) in [5, 5.41) is 2.79. The van der Waals surface area contributed by atoms with Crippen LogP contribution in [0, 0.1) is 0 Å². The fourth-order valence-corrected chi connectivity index (χ4v) is 3.11. The van der Waals surface area contributed by atoms with Gasteiger partial charge in [0.05, 0.1) is 0 Å². The van der Waals surface area contributed by atoms with Crippen LogP contribution in [0.2, 0.25) is 0 Å². The highest BCUT2D eigenvalue weighted by Gasteiger charge is 2.18. The van der Waals surface area contributed by atoms with Gasteiger partial charge in [-0.3, -0.25) is 23.6 Å². The van der Waals surface area contributed by atoms with E-state index in [4.69, 9.17) is 0 Å². The Hall–Kier alpha value is -2.67. The lowest BCUT2D eigenvalue weighted by molar-refractivity contribution is 0.0941. The second kappa shape index (κ2) is 7.06. The molecule has 1 aliphatic rings. The molecular formula is C18H22N4O3. The molecule has 0 radical (unpaired) electrons. The van der Waals surface area contributed by atoms with E-state index >= 15 is 0 Å². The quantitative estimate of drug-likeness (QED) is 0.789. The molecule has 1 N–H and O–H groups in total. The zero-order valence-corrected chi connectivity index (χ0v) is 14.5. The molecule has 1 amide bonds. The van der Waals surface area contributed by atoms with Crippen molar-refractivity contribution in [3.63, 3.8) is 0 Å². The van der Waals surface area contributed by atoms with E-state index in [0.29, 0.717) is 6.54 Å². The molecule has 25 heavy (non-hydrogen) atoms. The molecule has 0 spiro atoms. The van der Waals surface area contributed by atoms with Crippen LogP contribution in [0.3, 0.4) is 0 Å². The number of nitrogens with one attached hydrogen (secondary N) is 1. The second-order valence-electron chi connectivity index (χ2n) is 6.36. The summed E-state index contributed by atoms with van der Waals surface area (Å²) in [6.07, 6.45) is 0.804. The average molecular weight is 342 g/mol. The first-order valence-corrected chi connectivity index (χ1v) is 8.32. The van der Waals surface area contributed by atoms with Gasteiger partial charge in [0.15, 0.2) is 0 Å². The van der Waals surface area contributed by atoms with Gasteiger partial charge in [0.2, 0.25) is 0 Å². The van der Waals surface area contributed by atoms with Gasteiger partial charge in [0.1, 0.15) is 5.69 Å². The van der Waals surface area contributed by atoms with Gasteiger partial charge in [0, 0.05) is 46.3 Å². The first-order chi connectivity index (χ1) is 12.0. The molecule has 7 nitrogen and oxygen atoms in total. The normalized spacial score (nSPS) is 13.7. The van der Waals surface area contributed by atoms with Gasteiger partial charge >= 0.3 is 5.69 Å². The van der Waals surface area contributed by atoms with E-state index in [2.05, 4.69) is 34.5 Å². The Balaban J connectivity index is 1.51. The lowest BCUT2D eigenvalue weighted by Gasteiger charge is -2.15. The maximum atomic E-state index is 12.2. The Morgan fingerprint density at radius 2 is 1.72 bits per heavy atom. The summed E-state index contributed by atoms with van der Waals surface area (Å²) >= 11 is 0. The molecule has 2 heterocycles. The van der Waals surface area contributed by atoms with Gasteiger partial charge in [-0.25, -0.2) is 4.79 Å². The minimum Gasteiger partial charge on any atom is -0.351 e. The number of aromatic nitrogens is 2. The molecule has 3 rings (SSSR count). The van der Waals surface area contributed by atoms with E-state index in [1.807, 2.05) is 0 Å². The largest absolute Gasteiger partial charge is 0.351 e. The van der Waals surface area contributed by atoms with Crippen molar-refractivity contribution >= 4 is 5.91 Å². The van der Waals surface area contributed by atoms with Crippen LogP contribution >= 0.6 is 0 Å². The van der Waals surface area contributed by atoms with Crippen molar-refractivity contribution in [2.45, 2.75) is 19.5 Å². The molecule has 1 aliphatic heterocycles. The Kier molecular flexibility index (Phi) is 4.85. The summed E-state index contributed by atoms with van der Waals surface area (Å²) in [4.78, 5) is 38.1. The number of carbonyl (C=O) groups excluding carboxylic acids is 1. The summed E-state index contributed by atoms with van der Waals surface area (Å²) in [6, 6.07) is 9.59. The maximum absolute atomic E-state index is 12.2. The molecule has 0 atom stereocenters. The zero-order chi connectivity index (χ0) is 18.0. The topological polar surface area (TPSA) is 76.3 Å². The third-order valence-corrected chi connectivity index (χ3v) is 4.60. The van der Waals surface area contributed by atoms with Gasteiger partial charge < -0.3 is 5.32 Å². The SMILES string of the molecule is Cn1c(C(=O)NCCCN2Cc3ccccc3C2)cc(=O)n(C)c1=O. The summed E-state index contributed by atoms with van der Waals surface area (Å²) in [5.74, 6) is -0.401. The third kappa shape index (κ3) is 3.56. The van der Waals surface area contributed by atoms with E-state index in [0.717, 1.165) is 30.6 Å². The minimum atomic E-state index is -0.507. The van der Waals surface area contributed by atoms with Crippen LogP contribution in [-0.4, -0.2) is 33.0 Å². The highest BCUT2D eigenvalue weighted by Crippen LogP contribution is 2.21. The number of carbonyl (C=O) groups is 1. The van der Waals surface area contributed by atoms with Crippen molar-refractivity contribution in [1.29, 1.82) is 0 Å². The lowest BCUT2D eigenvalue weighted by atomic mass is 10.1. The molecule has 1 aromatic heterocycles. The Bertz CT molecular complexity index is 888. The number of hydrogen-bond donors (Lipinski definition) is 1. The molecule has 0 unspecified atom stereocenters. The average Bonchev–Trinajstić information content (AvgIpc) is 3.02. The van der Waals surface area contributed by atoms with Gasteiger partial charge in [-0.1, -0.05) is 24.3 Å². The predicted octanol–water partition coefficient (Wildman–Crippen LogP) is 0.220. The van der Waals surface area contributed by atoms with Crippen LogP contribution in [0.4, 0.5) is 0 Å².